The van der Waals surface area contributed by atoms with Crippen molar-refractivity contribution >= 4 is 11.6 Å². The number of aromatic nitrogens is 1. The second-order valence-electron chi connectivity index (χ2n) is 7.27. The Balaban J connectivity index is 1.54. The second-order valence-corrected chi connectivity index (χ2v) is 7.27. The third kappa shape index (κ3) is 4.90. The molecular formula is C21H27N3O3. The summed E-state index contributed by atoms with van der Waals surface area (Å²) in [6, 6.07) is 11.3. The lowest BCUT2D eigenvalue weighted by Crippen LogP contribution is -2.53. The van der Waals surface area contributed by atoms with Gasteiger partial charge < -0.3 is 19.7 Å². The third-order valence-corrected chi connectivity index (χ3v) is 4.76. The van der Waals surface area contributed by atoms with Crippen molar-refractivity contribution in [2.24, 2.45) is 0 Å². The molecule has 1 aromatic heterocycles. The molecule has 1 aromatic carbocycles. The lowest BCUT2D eigenvalue weighted by atomic mass is 9.99. The highest BCUT2D eigenvalue weighted by molar-refractivity contribution is 5.88. The van der Waals surface area contributed by atoms with Crippen LogP contribution in [-0.2, 0) is 4.79 Å². The quantitative estimate of drug-likeness (QED) is 0.846. The molecule has 27 heavy (non-hydrogen) atoms. The predicted octanol–water partition coefficient (Wildman–Crippen LogP) is 3.35. The highest BCUT2D eigenvalue weighted by Crippen LogP contribution is 2.23. The molecule has 6 heteroatoms. The lowest BCUT2D eigenvalue weighted by molar-refractivity contribution is -0.136. The molecular weight excluding hydrogens is 342 g/mol. The fourth-order valence-electron chi connectivity index (χ4n) is 3.27. The van der Waals surface area contributed by atoms with Gasteiger partial charge in [-0.25, -0.2) is 0 Å². The fraction of sp³-hybridized carbons (Fsp3) is 0.429. The number of anilines is 1. The average Bonchev–Trinajstić information content (AvgIpc) is 2.69. The summed E-state index contributed by atoms with van der Waals surface area (Å²) >= 11 is 0. The van der Waals surface area contributed by atoms with Gasteiger partial charge in [0.05, 0.1) is 7.11 Å². The Morgan fingerprint density at radius 2 is 1.70 bits per heavy atom. The second kappa shape index (κ2) is 8.29. The Hall–Kier alpha value is -2.76. The Morgan fingerprint density at radius 3 is 2.30 bits per heavy atom. The molecule has 1 N–H and O–H groups in total. The van der Waals surface area contributed by atoms with E-state index in [0.717, 1.165) is 30.0 Å². The average molecular weight is 369 g/mol. The van der Waals surface area contributed by atoms with Crippen molar-refractivity contribution in [1.82, 2.24) is 9.88 Å². The molecule has 6 nitrogen and oxygen atoms in total. The van der Waals surface area contributed by atoms with Crippen LogP contribution in [0.1, 0.15) is 26.7 Å². The molecule has 0 unspecified atom stereocenters. The molecule has 1 fully saturated rings. The number of pyridine rings is 1. The van der Waals surface area contributed by atoms with Gasteiger partial charge >= 0.3 is 0 Å². The number of carbonyl (C=O) groups excluding carboxylic acids is 1. The van der Waals surface area contributed by atoms with Crippen molar-refractivity contribution in [3.05, 3.63) is 48.8 Å². The van der Waals surface area contributed by atoms with Crippen molar-refractivity contribution in [3.63, 3.8) is 0 Å². The maximum Gasteiger partial charge on any atom is 0.247 e. The maximum atomic E-state index is 13.0. The van der Waals surface area contributed by atoms with Crippen LogP contribution in [-0.4, -0.2) is 47.6 Å². The molecule has 3 rings (SSSR count). The summed E-state index contributed by atoms with van der Waals surface area (Å²) in [7, 11) is 1.64. The standard InChI is InChI=1S/C21H27N3O3/c1-21(2,23-16-4-6-17(26-3)7-5-16)20(25)24-14-10-19(11-15-24)27-18-8-12-22-13-9-18/h4-9,12-13,19,23H,10-11,14-15H2,1-3H3. The van der Waals surface area contributed by atoms with E-state index in [1.807, 2.05) is 55.1 Å². The van der Waals surface area contributed by atoms with Gasteiger partial charge in [0.1, 0.15) is 23.1 Å². The molecule has 1 amide bonds. The van der Waals surface area contributed by atoms with E-state index < -0.39 is 5.54 Å². The van der Waals surface area contributed by atoms with Gasteiger partial charge in [-0.15, -0.1) is 0 Å². The molecule has 2 aromatic rings. The highest BCUT2D eigenvalue weighted by Gasteiger charge is 2.34. The largest absolute Gasteiger partial charge is 0.497 e. The van der Waals surface area contributed by atoms with Gasteiger partial charge in [-0.3, -0.25) is 9.78 Å². The number of piperidine rings is 1. The summed E-state index contributed by atoms with van der Waals surface area (Å²) in [6.07, 6.45) is 5.23. The summed E-state index contributed by atoms with van der Waals surface area (Å²) < 4.78 is 11.2. The van der Waals surface area contributed by atoms with Gasteiger partial charge in [-0.1, -0.05) is 0 Å². The van der Waals surface area contributed by atoms with E-state index in [-0.39, 0.29) is 12.0 Å². The first-order valence-corrected chi connectivity index (χ1v) is 9.26. The number of rotatable bonds is 6. The van der Waals surface area contributed by atoms with E-state index in [2.05, 4.69) is 10.3 Å². The topological polar surface area (TPSA) is 63.7 Å². The van der Waals surface area contributed by atoms with Crippen molar-refractivity contribution in [2.75, 3.05) is 25.5 Å². The number of benzene rings is 1. The molecule has 1 aliphatic rings. The smallest absolute Gasteiger partial charge is 0.247 e. The molecule has 0 spiro atoms. The first-order chi connectivity index (χ1) is 13.0. The Kier molecular flexibility index (Phi) is 5.84. The Bertz CT molecular complexity index is 739. The van der Waals surface area contributed by atoms with Crippen LogP contribution >= 0.6 is 0 Å². The zero-order valence-corrected chi connectivity index (χ0v) is 16.1. The number of carbonyl (C=O) groups is 1. The van der Waals surface area contributed by atoms with Crippen LogP contribution in [0.2, 0.25) is 0 Å². The summed E-state index contributed by atoms with van der Waals surface area (Å²) in [6.45, 7) is 5.23. The molecule has 0 saturated carbocycles. The number of nitrogens with one attached hydrogen (secondary N) is 1. The number of nitrogens with zero attached hydrogens (tertiary/aromatic N) is 2. The van der Waals surface area contributed by atoms with Gasteiger partial charge in [-0.05, 0) is 50.2 Å². The van der Waals surface area contributed by atoms with Gasteiger partial charge in [-0.2, -0.15) is 0 Å². The van der Waals surface area contributed by atoms with E-state index in [1.165, 1.54) is 0 Å². The molecule has 2 heterocycles. The SMILES string of the molecule is COc1ccc(NC(C)(C)C(=O)N2CCC(Oc3ccncc3)CC2)cc1. The zero-order chi connectivity index (χ0) is 19.3. The Labute approximate surface area is 160 Å². The van der Waals surface area contributed by atoms with Crippen molar-refractivity contribution in [3.8, 4) is 11.5 Å². The summed E-state index contributed by atoms with van der Waals surface area (Å²) in [4.78, 5) is 18.9. The number of likely N-dealkylation sites (tertiary alicyclic amines) is 1. The van der Waals surface area contributed by atoms with Crippen LogP contribution in [0.25, 0.3) is 0 Å². The van der Waals surface area contributed by atoms with Crippen molar-refractivity contribution in [1.29, 1.82) is 0 Å². The minimum absolute atomic E-state index is 0.0979. The summed E-state index contributed by atoms with van der Waals surface area (Å²) in [5, 5.41) is 3.33. The highest BCUT2D eigenvalue weighted by atomic mass is 16.5. The van der Waals surface area contributed by atoms with E-state index in [1.54, 1.807) is 19.5 Å². The summed E-state index contributed by atoms with van der Waals surface area (Å²) in [5.41, 5.74) is 0.206. The molecule has 1 saturated heterocycles. The van der Waals surface area contributed by atoms with Crippen LogP contribution in [0.4, 0.5) is 5.69 Å². The van der Waals surface area contributed by atoms with Crippen molar-refractivity contribution in [2.45, 2.75) is 38.3 Å². The first-order valence-electron chi connectivity index (χ1n) is 9.26. The van der Waals surface area contributed by atoms with Gasteiger partial charge in [0, 0.05) is 44.0 Å². The number of ether oxygens (including phenoxy) is 2. The molecule has 0 bridgehead atoms. The van der Waals surface area contributed by atoms with E-state index >= 15 is 0 Å². The maximum absolute atomic E-state index is 13.0. The van der Waals surface area contributed by atoms with Gasteiger partial charge in [0.25, 0.3) is 0 Å². The predicted molar refractivity (Wildman–Crippen MR) is 105 cm³/mol. The minimum Gasteiger partial charge on any atom is -0.497 e. The fourth-order valence-corrected chi connectivity index (χ4v) is 3.27. The van der Waals surface area contributed by atoms with Crippen LogP contribution in [0.15, 0.2) is 48.8 Å². The molecule has 0 radical (unpaired) electrons. The van der Waals surface area contributed by atoms with Crippen LogP contribution in [0.3, 0.4) is 0 Å². The van der Waals surface area contributed by atoms with Gasteiger partial charge in [0.15, 0.2) is 0 Å². The Morgan fingerprint density at radius 1 is 1.07 bits per heavy atom. The van der Waals surface area contributed by atoms with Crippen LogP contribution in [0.5, 0.6) is 11.5 Å². The summed E-state index contributed by atoms with van der Waals surface area (Å²) in [5.74, 6) is 1.72. The third-order valence-electron chi connectivity index (χ3n) is 4.76. The molecule has 0 atom stereocenters. The molecule has 1 aliphatic heterocycles. The number of methoxy groups -OCH3 is 1. The normalized spacial score (nSPS) is 15.3. The lowest BCUT2D eigenvalue weighted by Gasteiger charge is -2.37. The number of hydrogen-bond acceptors (Lipinski definition) is 5. The van der Waals surface area contributed by atoms with Crippen LogP contribution < -0.4 is 14.8 Å². The minimum atomic E-state index is -0.687. The number of hydrogen-bond donors (Lipinski definition) is 1. The van der Waals surface area contributed by atoms with E-state index in [9.17, 15) is 4.79 Å². The monoisotopic (exact) mass is 369 g/mol. The molecule has 0 aliphatic carbocycles. The van der Waals surface area contributed by atoms with E-state index in [0.29, 0.717) is 13.1 Å². The van der Waals surface area contributed by atoms with E-state index in [4.69, 9.17) is 9.47 Å². The van der Waals surface area contributed by atoms with Gasteiger partial charge in [0.2, 0.25) is 5.91 Å². The zero-order valence-electron chi connectivity index (χ0n) is 16.1. The first kappa shape index (κ1) is 19.0. The van der Waals surface area contributed by atoms with Crippen molar-refractivity contribution < 1.29 is 14.3 Å². The number of amides is 1. The van der Waals surface area contributed by atoms with Crippen LogP contribution in [0, 0.1) is 0 Å². The molecule has 144 valence electrons.